The van der Waals surface area contributed by atoms with Crippen LogP contribution in [0.1, 0.15) is 42.5 Å². The summed E-state index contributed by atoms with van der Waals surface area (Å²) in [6.07, 6.45) is 6.70. The van der Waals surface area contributed by atoms with E-state index in [1.165, 1.54) is 31.2 Å². The Hall–Kier alpha value is -2.36. The number of nitrogens with one attached hydrogen (secondary N) is 1. The highest BCUT2D eigenvalue weighted by atomic mass is 16.7. The zero-order chi connectivity index (χ0) is 19.0. The van der Waals surface area contributed by atoms with Crippen molar-refractivity contribution in [3.05, 3.63) is 41.2 Å². The molecule has 1 aliphatic heterocycles. The fourth-order valence-corrected chi connectivity index (χ4v) is 3.40. The highest BCUT2D eigenvalue weighted by Gasteiger charge is 2.46. The minimum Gasteiger partial charge on any atom is -0.379 e. The Morgan fingerprint density at radius 1 is 1.25 bits per heavy atom. The van der Waals surface area contributed by atoms with Crippen molar-refractivity contribution in [2.24, 2.45) is 11.3 Å². The fourth-order valence-electron chi connectivity index (χ4n) is 3.40. The van der Waals surface area contributed by atoms with Crippen LogP contribution in [0.2, 0.25) is 0 Å². The predicted molar refractivity (Wildman–Crippen MR) is 105 cm³/mol. The molecule has 28 heavy (non-hydrogen) atoms. The minimum atomic E-state index is -0.222. The molecule has 3 aliphatic rings. The molecule has 0 bridgehead atoms. The van der Waals surface area contributed by atoms with Crippen LogP contribution in [0.25, 0.3) is 0 Å². The average Bonchev–Trinajstić information content (AvgIpc) is 3.62. The van der Waals surface area contributed by atoms with Crippen LogP contribution in [-0.2, 0) is 22.6 Å². The number of ether oxygens (including phenoxy) is 2. The van der Waals surface area contributed by atoms with Gasteiger partial charge < -0.3 is 14.8 Å². The highest BCUT2D eigenvalue weighted by molar-refractivity contribution is 5.55. The molecule has 5 rings (SSSR count). The van der Waals surface area contributed by atoms with E-state index in [4.69, 9.17) is 9.47 Å². The third-order valence-corrected chi connectivity index (χ3v) is 5.71. The number of anilines is 1. The van der Waals surface area contributed by atoms with Crippen LogP contribution in [0.3, 0.4) is 0 Å². The first kappa shape index (κ1) is 17.7. The number of aryl methyl sites for hydroxylation is 1. The van der Waals surface area contributed by atoms with Gasteiger partial charge >= 0.3 is 0 Å². The molecule has 0 radical (unpaired) electrons. The summed E-state index contributed by atoms with van der Waals surface area (Å²) in [7, 11) is 0. The summed E-state index contributed by atoms with van der Waals surface area (Å²) in [6.45, 7) is 4.92. The maximum absolute atomic E-state index is 5.83. The van der Waals surface area contributed by atoms with Gasteiger partial charge in [0.05, 0.1) is 32.5 Å². The third kappa shape index (κ3) is 4.21. The first-order chi connectivity index (χ1) is 13.7. The lowest BCUT2D eigenvalue weighted by atomic mass is 10.1. The molecule has 1 aromatic heterocycles. The van der Waals surface area contributed by atoms with Gasteiger partial charge in [0.2, 0.25) is 0 Å². The van der Waals surface area contributed by atoms with E-state index in [1.54, 1.807) is 4.68 Å². The Morgan fingerprint density at radius 2 is 2.07 bits per heavy atom. The molecule has 2 heterocycles. The van der Waals surface area contributed by atoms with E-state index in [-0.39, 0.29) is 6.29 Å². The molecule has 2 aliphatic carbocycles. The number of aromatic nitrogens is 3. The van der Waals surface area contributed by atoms with Gasteiger partial charge in [0.25, 0.3) is 0 Å². The van der Waals surface area contributed by atoms with Crippen molar-refractivity contribution in [2.45, 2.75) is 52.0 Å². The van der Waals surface area contributed by atoms with Crippen molar-refractivity contribution < 1.29 is 9.47 Å². The lowest BCUT2D eigenvalue weighted by molar-refractivity contribution is -0.213. The van der Waals surface area contributed by atoms with Crippen molar-refractivity contribution in [3.63, 3.8) is 0 Å². The van der Waals surface area contributed by atoms with Crippen LogP contribution in [-0.4, -0.2) is 34.5 Å². The van der Waals surface area contributed by atoms with Crippen LogP contribution >= 0.6 is 0 Å². The Bertz CT molecular complexity index is 908. The second-order valence-electron chi connectivity index (χ2n) is 8.41. The molecule has 0 amide bonds. The van der Waals surface area contributed by atoms with E-state index in [1.807, 2.05) is 6.20 Å². The second-order valence-corrected chi connectivity index (χ2v) is 8.41. The predicted octanol–water partition coefficient (Wildman–Crippen LogP) is 3.11. The maximum atomic E-state index is 5.83. The molecule has 2 saturated carbocycles. The van der Waals surface area contributed by atoms with E-state index in [2.05, 4.69) is 52.6 Å². The van der Waals surface area contributed by atoms with Gasteiger partial charge in [-0.25, -0.2) is 4.68 Å². The summed E-state index contributed by atoms with van der Waals surface area (Å²) in [5.41, 5.74) is 4.59. The summed E-state index contributed by atoms with van der Waals surface area (Å²) in [5.74, 6) is 7.21. The van der Waals surface area contributed by atoms with E-state index in [0.717, 1.165) is 30.2 Å². The molecule has 146 valence electrons. The molecule has 1 spiro atoms. The number of nitrogens with zero attached hydrogens (tertiary/aromatic N) is 3. The number of hydrogen-bond acceptors (Lipinski definition) is 5. The van der Waals surface area contributed by atoms with Crippen molar-refractivity contribution in [1.29, 1.82) is 0 Å². The average molecular weight is 378 g/mol. The quantitative estimate of drug-likeness (QED) is 0.810. The van der Waals surface area contributed by atoms with Crippen LogP contribution < -0.4 is 5.32 Å². The van der Waals surface area contributed by atoms with Gasteiger partial charge in [-0.3, -0.25) is 0 Å². The van der Waals surface area contributed by atoms with Gasteiger partial charge in [-0.15, -0.1) is 5.10 Å². The molecule has 0 atom stereocenters. The topological polar surface area (TPSA) is 61.2 Å². The summed E-state index contributed by atoms with van der Waals surface area (Å²) in [6, 6.07) is 6.30. The molecule has 1 aromatic carbocycles. The van der Waals surface area contributed by atoms with E-state index >= 15 is 0 Å². The molecular formula is C22H26N4O2. The molecule has 1 saturated heterocycles. The monoisotopic (exact) mass is 378 g/mol. The number of rotatable bonds is 5. The number of hydrogen-bond donors (Lipinski definition) is 1. The van der Waals surface area contributed by atoms with Crippen LogP contribution in [0.15, 0.2) is 24.4 Å². The molecule has 2 aromatic rings. The Labute approximate surface area is 165 Å². The van der Waals surface area contributed by atoms with Crippen LogP contribution in [0.4, 0.5) is 5.69 Å². The summed E-state index contributed by atoms with van der Waals surface area (Å²) in [5, 5.41) is 11.9. The summed E-state index contributed by atoms with van der Waals surface area (Å²) < 4.78 is 13.5. The number of benzene rings is 1. The Kier molecular flexibility index (Phi) is 4.58. The third-order valence-electron chi connectivity index (χ3n) is 5.71. The lowest BCUT2D eigenvalue weighted by Gasteiger charge is -2.29. The molecular weight excluding hydrogens is 352 g/mol. The minimum absolute atomic E-state index is 0.222. The smallest absolute Gasteiger partial charge is 0.177 e. The normalized spacial score (nSPS) is 20.6. The second kappa shape index (κ2) is 7.23. The molecule has 3 fully saturated rings. The summed E-state index contributed by atoms with van der Waals surface area (Å²) >= 11 is 0. The maximum Gasteiger partial charge on any atom is 0.177 e. The molecule has 1 N–H and O–H groups in total. The standard InChI is InChI=1S/C22H26N4O2/c1-16-10-18(5-4-17-2-3-17)6-7-20(16)23-11-19-12-26(25-24-19)13-21-27-14-22(8-9-22)15-28-21/h6-7,10,12,17,21,23H,2-3,8-9,11,13-15H2,1H3. The molecule has 6 nitrogen and oxygen atoms in total. The fraction of sp³-hybridized carbons (Fsp3) is 0.545. The Balaban J connectivity index is 1.13. The van der Waals surface area contributed by atoms with Crippen molar-refractivity contribution in [2.75, 3.05) is 18.5 Å². The van der Waals surface area contributed by atoms with E-state index < -0.39 is 0 Å². The van der Waals surface area contributed by atoms with Gasteiger partial charge in [0, 0.05) is 22.6 Å². The lowest BCUT2D eigenvalue weighted by Crippen LogP contribution is -2.36. The van der Waals surface area contributed by atoms with E-state index in [9.17, 15) is 0 Å². The van der Waals surface area contributed by atoms with Crippen molar-refractivity contribution in [1.82, 2.24) is 15.0 Å². The molecule has 6 heteroatoms. The van der Waals surface area contributed by atoms with Gasteiger partial charge in [0.15, 0.2) is 6.29 Å². The van der Waals surface area contributed by atoms with Crippen LogP contribution in [0, 0.1) is 30.1 Å². The largest absolute Gasteiger partial charge is 0.379 e. The van der Waals surface area contributed by atoms with Gasteiger partial charge in [-0.05, 0) is 56.4 Å². The van der Waals surface area contributed by atoms with E-state index in [0.29, 0.717) is 24.4 Å². The highest BCUT2D eigenvalue weighted by Crippen LogP contribution is 2.48. The first-order valence-electron chi connectivity index (χ1n) is 10.2. The van der Waals surface area contributed by atoms with Gasteiger partial charge in [0.1, 0.15) is 5.69 Å². The van der Waals surface area contributed by atoms with Gasteiger partial charge in [-0.2, -0.15) is 0 Å². The van der Waals surface area contributed by atoms with Crippen molar-refractivity contribution >= 4 is 5.69 Å². The van der Waals surface area contributed by atoms with Crippen LogP contribution in [0.5, 0.6) is 0 Å². The van der Waals surface area contributed by atoms with Crippen molar-refractivity contribution in [3.8, 4) is 11.8 Å². The summed E-state index contributed by atoms with van der Waals surface area (Å²) in [4.78, 5) is 0. The first-order valence-corrected chi connectivity index (χ1v) is 10.2. The zero-order valence-electron chi connectivity index (χ0n) is 16.3. The zero-order valence-corrected chi connectivity index (χ0v) is 16.3. The SMILES string of the molecule is Cc1cc(C#CC2CC2)ccc1NCc1cn(CC2OCC3(CC3)CO2)nn1. The molecule has 0 unspecified atom stereocenters. The van der Waals surface area contributed by atoms with Gasteiger partial charge in [-0.1, -0.05) is 17.1 Å². The Morgan fingerprint density at radius 3 is 2.79 bits per heavy atom.